The van der Waals surface area contributed by atoms with Crippen molar-refractivity contribution >= 4 is 29.4 Å². The normalized spacial score (nSPS) is 36.4. The number of amides is 1. The zero-order valence-corrected chi connectivity index (χ0v) is 31.2. The van der Waals surface area contributed by atoms with Crippen molar-refractivity contribution in [2.75, 3.05) is 11.9 Å². The minimum Gasteiger partial charge on any atom is -0.458 e. The van der Waals surface area contributed by atoms with E-state index in [2.05, 4.69) is 25.2 Å². The highest BCUT2D eigenvalue weighted by Gasteiger charge is 2.76. The summed E-state index contributed by atoms with van der Waals surface area (Å²) < 4.78 is 21.4. The summed E-state index contributed by atoms with van der Waals surface area (Å²) in [5.41, 5.74) is 3.06. The summed E-state index contributed by atoms with van der Waals surface area (Å²) in [6.07, 6.45) is 13.3. The predicted molar refractivity (Wildman–Crippen MR) is 195 cm³/mol. The number of hydrogen-bond acceptors (Lipinski definition) is 8. The van der Waals surface area contributed by atoms with Crippen molar-refractivity contribution < 1.29 is 33.7 Å². The Labute approximate surface area is 307 Å². The van der Waals surface area contributed by atoms with Gasteiger partial charge in [-0.1, -0.05) is 52.5 Å². The van der Waals surface area contributed by atoms with Crippen LogP contribution in [0.2, 0.25) is 0 Å². The fourth-order valence-electron chi connectivity index (χ4n) is 11.7. The highest BCUT2D eigenvalue weighted by Crippen LogP contribution is 2.70. The average Bonchev–Trinajstić information content (AvgIpc) is 3.80. The summed E-state index contributed by atoms with van der Waals surface area (Å²) in [5, 5.41) is 20.1. The van der Waals surface area contributed by atoms with Gasteiger partial charge in [-0.15, -0.1) is 0 Å². The van der Waals surface area contributed by atoms with E-state index >= 15 is 0 Å². The third-order valence-corrected chi connectivity index (χ3v) is 14.2. The van der Waals surface area contributed by atoms with Crippen LogP contribution in [0.15, 0.2) is 36.0 Å². The minimum absolute atomic E-state index is 0.00559. The lowest BCUT2D eigenvalue weighted by Gasteiger charge is -2.60. The molecule has 52 heavy (non-hydrogen) atoms. The molecule has 5 aliphatic carbocycles. The van der Waals surface area contributed by atoms with Crippen molar-refractivity contribution in [2.24, 2.45) is 34.5 Å². The van der Waals surface area contributed by atoms with E-state index in [1.165, 1.54) is 12.0 Å². The number of ketones is 1. The van der Waals surface area contributed by atoms with Gasteiger partial charge in [0.05, 0.1) is 29.8 Å². The fourth-order valence-corrected chi connectivity index (χ4v) is 11.7. The largest absolute Gasteiger partial charge is 0.458 e. The van der Waals surface area contributed by atoms with Gasteiger partial charge < -0.3 is 24.6 Å². The van der Waals surface area contributed by atoms with Gasteiger partial charge in [0.25, 0.3) is 0 Å². The van der Waals surface area contributed by atoms with Gasteiger partial charge in [-0.2, -0.15) is 5.10 Å². The number of carbonyl (C=O) groups is 3. The quantitative estimate of drug-likeness (QED) is 0.267. The van der Waals surface area contributed by atoms with E-state index in [1.54, 1.807) is 0 Å². The second-order valence-electron chi connectivity index (χ2n) is 17.0. The summed E-state index contributed by atoms with van der Waals surface area (Å²) in [6.45, 7) is 7.91. The number of Topliss-reactive ketones (excluding diaryl/α,β-unsaturated/α-hetero) is 1. The monoisotopic (exact) mass is 713 g/mol. The van der Waals surface area contributed by atoms with Crippen molar-refractivity contribution in [3.63, 3.8) is 0 Å². The molecule has 9 atom stereocenters. The SMILES string of the molecule is CCCC(=O)OCC(=O)[C@@]12OC(C3CCCCC3)O[C@@H]1C[C@H]1[C@@H]3CCC4=Cc5c(cnn5-c5ccc(NC(=O)CC)cc5)C[C@]4(C)[C@H]3[C@@H](O)C[C@@]12C. The number of aliphatic hydroxyl groups is 1. The molecule has 1 aromatic carbocycles. The van der Waals surface area contributed by atoms with Crippen molar-refractivity contribution in [1.82, 2.24) is 9.78 Å². The molecule has 5 fully saturated rings. The molecule has 0 radical (unpaired) electrons. The van der Waals surface area contributed by atoms with Crippen LogP contribution in [0.1, 0.15) is 116 Å². The third kappa shape index (κ3) is 5.53. The second-order valence-corrected chi connectivity index (χ2v) is 17.0. The fraction of sp³-hybridized carbons (Fsp3) is 0.667. The molecule has 1 unspecified atom stereocenters. The van der Waals surface area contributed by atoms with E-state index in [-0.39, 0.29) is 59.8 Å². The molecule has 1 aliphatic heterocycles. The molecule has 10 heteroatoms. The highest BCUT2D eigenvalue weighted by atomic mass is 16.7. The van der Waals surface area contributed by atoms with Crippen LogP contribution in [0.5, 0.6) is 0 Å². The number of carbonyl (C=O) groups excluding carboxylic acids is 3. The van der Waals surface area contributed by atoms with Crippen LogP contribution in [-0.2, 0) is 35.0 Å². The molecule has 1 saturated heterocycles. The number of anilines is 1. The van der Waals surface area contributed by atoms with Crippen molar-refractivity contribution in [3.05, 3.63) is 47.3 Å². The molecule has 0 spiro atoms. The van der Waals surface area contributed by atoms with Gasteiger partial charge in [-0.25, -0.2) is 4.68 Å². The van der Waals surface area contributed by atoms with Crippen LogP contribution in [0.3, 0.4) is 0 Å². The molecular formula is C42H55N3O7. The maximum absolute atomic E-state index is 14.5. The van der Waals surface area contributed by atoms with E-state index in [4.69, 9.17) is 19.3 Å². The molecular weight excluding hydrogens is 658 g/mol. The Hall–Kier alpha value is -3.34. The van der Waals surface area contributed by atoms with E-state index < -0.39 is 29.5 Å². The van der Waals surface area contributed by atoms with E-state index in [9.17, 15) is 19.5 Å². The molecule has 10 nitrogen and oxygen atoms in total. The number of ether oxygens (including phenoxy) is 3. The number of aliphatic hydroxyl groups excluding tert-OH is 1. The first-order valence-electron chi connectivity index (χ1n) is 19.9. The van der Waals surface area contributed by atoms with Crippen LogP contribution >= 0.6 is 0 Å². The van der Waals surface area contributed by atoms with Crippen LogP contribution in [0.4, 0.5) is 5.69 Å². The van der Waals surface area contributed by atoms with Gasteiger partial charge in [-0.3, -0.25) is 14.4 Å². The standard InChI is InChI=1S/C42H55N3O7/c1-5-10-37(49)50-24-34(47)42-35(51-39(52-42)25-11-8-7-9-12-25)20-31-30-18-13-27-19-32-26(21-40(27,3)38(30)33(46)22-41(31,42)4)23-43-45(32)29-16-14-28(15-17-29)44-36(48)6-2/h14-17,19,23,25,30-31,33,35,38-39,46H,5-13,18,20-22,24H2,1-4H3,(H,44,48)/t30-,31-,33-,35+,38+,39?,40-,41-,42+/m0/s1. The molecule has 1 aromatic heterocycles. The molecule has 4 saturated carbocycles. The molecule has 280 valence electrons. The molecule has 2 N–H and O–H groups in total. The molecule has 0 bridgehead atoms. The Morgan fingerprint density at radius 1 is 1.08 bits per heavy atom. The highest BCUT2D eigenvalue weighted by molar-refractivity contribution is 5.92. The van der Waals surface area contributed by atoms with Gasteiger partial charge >= 0.3 is 5.97 Å². The number of rotatable bonds is 9. The van der Waals surface area contributed by atoms with E-state index in [0.29, 0.717) is 25.7 Å². The summed E-state index contributed by atoms with van der Waals surface area (Å²) in [5.74, 6) is -0.0620. The molecule has 6 aliphatic rings. The second kappa shape index (κ2) is 13.5. The maximum atomic E-state index is 14.5. The lowest BCUT2D eigenvalue weighted by Crippen LogP contribution is -2.64. The van der Waals surface area contributed by atoms with E-state index in [1.807, 2.05) is 49.0 Å². The Kier molecular flexibility index (Phi) is 9.26. The predicted octanol–water partition coefficient (Wildman–Crippen LogP) is 6.96. The van der Waals surface area contributed by atoms with Gasteiger partial charge in [0, 0.05) is 29.9 Å². The number of nitrogens with one attached hydrogen (secondary N) is 1. The third-order valence-electron chi connectivity index (χ3n) is 14.2. The van der Waals surface area contributed by atoms with Crippen molar-refractivity contribution in [2.45, 2.75) is 135 Å². The smallest absolute Gasteiger partial charge is 0.306 e. The molecule has 2 heterocycles. The Balaban J connectivity index is 1.08. The van der Waals surface area contributed by atoms with Gasteiger partial charge in [0.1, 0.15) is 0 Å². The topological polar surface area (TPSA) is 129 Å². The number of allylic oxidation sites excluding steroid dienone is 1. The number of benzene rings is 1. The van der Waals surface area contributed by atoms with Crippen molar-refractivity contribution in [3.8, 4) is 5.69 Å². The minimum atomic E-state index is -1.26. The molecule has 2 aromatic rings. The number of nitrogens with zero attached hydrogens (tertiary/aromatic N) is 2. The van der Waals surface area contributed by atoms with Crippen LogP contribution in [-0.4, -0.2) is 63.3 Å². The number of aromatic nitrogens is 2. The average molecular weight is 714 g/mol. The number of esters is 1. The summed E-state index contributed by atoms with van der Waals surface area (Å²) >= 11 is 0. The summed E-state index contributed by atoms with van der Waals surface area (Å²) in [6, 6.07) is 7.78. The van der Waals surface area contributed by atoms with Gasteiger partial charge in [-0.05, 0) is 110 Å². The summed E-state index contributed by atoms with van der Waals surface area (Å²) in [7, 11) is 0. The van der Waals surface area contributed by atoms with Crippen LogP contribution in [0, 0.1) is 34.5 Å². The molecule has 8 rings (SSSR count). The van der Waals surface area contributed by atoms with Crippen molar-refractivity contribution in [1.29, 1.82) is 0 Å². The molecule has 1 amide bonds. The zero-order valence-electron chi connectivity index (χ0n) is 31.2. The van der Waals surface area contributed by atoms with Gasteiger partial charge in [0.15, 0.2) is 18.5 Å². The van der Waals surface area contributed by atoms with Crippen LogP contribution < -0.4 is 5.32 Å². The first-order chi connectivity index (χ1) is 25.0. The Morgan fingerprint density at radius 3 is 2.58 bits per heavy atom. The summed E-state index contributed by atoms with van der Waals surface area (Å²) in [4.78, 5) is 38.9. The first kappa shape index (κ1) is 35.7. The Bertz CT molecular complexity index is 1750. The maximum Gasteiger partial charge on any atom is 0.306 e. The number of fused-ring (bicyclic) bond motifs is 8. The van der Waals surface area contributed by atoms with Crippen LogP contribution in [0.25, 0.3) is 11.8 Å². The van der Waals surface area contributed by atoms with Gasteiger partial charge in [0.2, 0.25) is 11.7 Å². The zero-order chi connectivity index (χ0) is 36.4. The van der Waals surface area contributed by atoms with E-state index in [0.717, 1.165) is 67.6 Å². The number of hydrogen-bond donors (Lipinski definition) is 2. The first-order valence-corrected chi connectivity index (χ1v) is 19.9. The lowest BCUT2D eigenvalue weighted by atomic mass is 9.45. The Morgan fingerprint density at radius 2 is 1.85 bits per heavy atom. The lowest BCUT2D eigenvalue weighted by molar-refractivity contribution is -0.212.